The van der Waals surface area contributed by atoms with Gasteiger partial charge in [-0.05, 0) is 0 Å². The molecule has 10 heavy (non-hydrogen) atoms. The number of rotatable bonds is 1. The van der Waals surface area contributed by atoms with Gasteiger partial charge in [-0.25, -0.2) is 0 Å². The van der Waals surface area contributed by atoms with Gasteiger partial charge in [0.15, 0.2) is 0 Å². The van der Waals surface area contributed by atoms with Crippen molar-refractivity contribution in [3.05, 3.63) is 18.0 Å². The van der Waals surface area contributed by atoms with E-state index in [2.05, 4.69) is 22.0 Å². The summed E-state index contributed by atoms with van der Waals surface area (Å²) < 4.78 is 4.74. The highest BCUT2D eigenvalue weighted by Crippen LogP contribution is 1.87. The summed E-state index contributed by atoms with van der Waals surface area (Å²) in [4.78, 5) is 0. The summed E-state index contributed by atoms with van der Waals surface area (Å²) in [7, 11) is 1.62. The Bertz CT molecular complexity index is 230. The summed E-state index contributed by atoms with van der Waals surface area (Å²) >= 11 is 0. The van der Waals surface area contributed by atoms with E-state index >= 15 is 0 Å². The van der Waals surface area contributed by atoms with Crippen molar-refractivity contribution in [2.24, 2.45) is 0 Å². The average Bonchev–Trinajstić information content (AvgIpc) is 2.41. The predicted octanol–water partition coefficient (Wildman–Crippen LogP) is 0.408. The summed E-state index contributed by atoms with van der Waals surface area (Å²) in [5, 5.41) is 6.40. The van der Waals surface area contributed by atoms with E-state index in [4.69, 9.17) is 4.74 Å². The van der Waals surface area contributed by atoms with Gasteiger partial charge in [0.1, 0.15) is 6.61 Å². The van der Waals surface area contributed by atoms with Gasteiger partial charge in [-0.2, -0.15) is 5.10 Å². The van der Waals surface area contributed by atoms with Gasteiger partial charge in [-0.1, -0.05) is 11.8 Å². The lowest BCUT2D eigenvalue weighted by atomic mass is 10.4. The summed E-state index contributed by atoms with van der Waals surface area (Å²) in [5.41, 5.74) is 0.886. The zero-order valence-electron chi connectivity index (χ0n) is 5.72. The number of nitrogens with zero attached hydrogens (tertiary/aromatic N) is 1. The van der Waals surface area contributed by atoms with Gasteiger partial charge in [0.25, 0.3) is 0 Å². The van der Waals surface area contributed by atoms with Crippen LogP contribution in [0.3, 0.4) is 0 Å². The summed E-state index contributed by atoms with van der Waals surface area (Å²) in [6.45, 7) is 0.463. The molecule has 1 heterocycles. The molecule has 0 unspecified atom stereocenters. The van der Waals surface area contributed by atoms with E-state index in [0.717, 1.165) is 5.56 Å². The molecule has 0 saturated heterocycles. The third-order valence-electron chi connectivity index (χ3n) is 0.947. The minimum absolute atomic E-state index is 0.463. The summed E-state index contributed by atoms with van der Waals surface area (Å²) in [6, 6.07) is 0. The second-order valence-corrected chi connectivity index (χ2v) is 1.72. The molecule has 0 aliphatic rings. The normalized spacial score (nSPS) is 8.50. The number of nitrogens with one attached hydrogen (secondary N) is 1. The molecule has 0 aliphatic heterocycles. The van der Waals surface area contributed by atoms with Gasteiger partial charge in [0.05, 0.1) is 11.8 Å². The van der Waals surface area contributed by atoms with Gasteiger partial charge in [-0.15, -0.1) is 0 Å². The fraction of sp³-hybridized carbons (Fsp3) is 0.286. The van der Waals surface area contributed by atoms with Crippen molar-refractivity contribution in [1.82, 2.24) is 10.2 Å². The molecule has 0 aliphatic carbocycles. The predicted molar refractivity (Wildman–Crippen MR) is 37.3 cm³/mol. The number of aromatic amines is 1. The first kappa shape index (κ1) is 6.84. The molecule has 0 spiro atoms. The lowest BCUT2D eigenvalue weighted by Gasteiger charge is -1.80. The molecule has 1 N–H and O–H groups in total. The van der Waals surface area contributed by atoms with Crippen LogP contribution in [0, 0.1) is 11.8 Å². The van der Waals surface area contributed by atoms with Crippen molar-refractivity contribution in [3.63, 3.8) is 0 Å². The van der Waals surface area contributed by atoms with Crippen molar-refractivity contribution < 1.29 is 4.74 Å². The van der Waals surface area contributed by atoms with Crippen LogP contribution in [0.4, 0.5) is 0 Å². The average molecular weight is 136 g/mol. The molecule has 1 aromatic heterocycles. The Morgan fingerprint density at radius 3 is 3.30 bits per heavy atom. The molecule has 3 nitrogen and oxygen atoms in total. The van der Waals surface area contributed by atoms with E-state index in [-0.39, 0.29) is 0 Å². The van der Waals surface area contributed by atoms with Gasteiger partial charge in [-0.3, -0.25) is 5.10 Å². The first-order valence-corrected chi connectivity index (χ1v) is 2.90. The lowest BCUT2D eigenvalue weighted by molar-refractivity contribution is 0.240. The van der Waals surface area contributed by atoms with Crippen LogP contribution >= 0.6 is 0 Å². The number of hydrogen-bond donors (Lipinski definition) is 1. The van der Waals surface area contributed by atoms with E-state index in [1.54, 1.807) is 19.5 Å². The monoisotopic (exact) mass is 136 g/mol. The SMILES string of the molecule is COCC#Cc1cn[nH]c1. The van der Waals surface area contributed by atoms with Crippen molar-refractivity contribution >= 4 is 0 Å². The Hall–Kier alpha value is -1.27. The minimum atomic E-state index is 0.463. The van der Waals surface area contributed by atoms with Crippen molar-refractivity contribution in [2.45, 2.75) is 0 Å². The van der Waals surface area contributed by atoms with Gasteiger partial charge in [0.2, 0.25) is 0 Å². The van der Waals surface area contributed by atoms with Gasteiger partial charge >= 0.3 is 0 Å². The number of H-pyrrole nitrogens is 1. The topological polar surface area (TPSA) is 37.9 Å². The van der Waals surface area contributed by atoms with Gasteiger partial charge < -0.3 is 4.74 Å². The van der Waals surface area contributed by atoms with Crippen LogP contribution < -0.4 is 0 Å². The molecular weight excluding hydrogens is 128 g/mol. The lowest BCUT2D eigenvalue weighted by Crippen LogP contribution is -1.80. The van der Waals surface area contributed by atoms with Crippen LogP contribution in [0.1, 0.15) is 5.56 Å². The summed E-state index contributed by atoms with van der Waals surface area (Å²) in [6.07, 6.45) is 3.41. The smallest absolute Gasteiger partial charge is 0.107 e. The standard InChI is InChI=1S/C7H8N2O/c1-10-4-2-3-7-5-8-9-6-7/h5-6H,4H2,1H3,(H,8,9). The third kappa shape index (κ3) is 1.92. The second-order valence-electron chi connectivity index (χ2n) is 1.72. The number of ether oxygens (including phenoxy) is 1. The quantitative estimate of drug-likeness (QED) is 0.568. The minimum Gasteiger partial charge on any atom is -0.372 e. The Morgan fingerprint density at radius 2 is 2.70 bits per heavy atom. The largest absolute Gasteiger partial charge is 0.372 e. The highest BCUT2D eigenvalue weighted by molar-refractivity contribution is 5.28. The number of methoxy groups -OCH3 is 1. The molecule has 3 heteroatoms. The van der Waals surface area contributed by atoms with E-state index in [0.29, 0.717) is 6.61 Å². The Balaban J connectivity index is 2.49. The summed E-state index contributed by atoms with van der Waals surface area (Å²) in [5.74, 6) is 5.66. The van der Waals surface area contributed by atoms with E-state index in [1.807, 2.05) is 0 Å². The molecule has 0 atom stereocenters. The Kier molecular flexibility index (Phi) is 2.53. The maximum absolute atomic E-state index is 4.74. The zero-order chi connectivity index (χ0) is 7.23. The molecule has 0 radical (unpaired) electrons. The number of hydrogen-bond acceptors (Lipinski definition) is 2. The molecule has 0 aromatic carbocycles. The van der Waals surface area contributed by atoms with Crippen LogP contribution in [-0.2, 0) is 4.74 Å². The molecule has 0 saturated carbocycles. The molecular formula is C7H8N2O. The van der Waals surface area contributed by atoms with Crippen LogP contribution in [0.15, 0.2) is 12.4 Å². The highest BCUT2D eigenvalue weighted by atomic mass is 16.5. The van der Waals surface area contributed by atoms with Crippen molar-refractivity contribution in [1.29, 1.82) is 0 Å². The van der Waals surface area contributed by atoms with Crippen LogP contribution in [0.5, 0.6) is 0 Å². The van der Waals surface area contributed by atoms with Crippen LogP contribution in [0.25, 0.3) is 0 Å². The van der Waals surface area contributed by atoms with Gasteiger partial charge in [0, 0.05) is 13.3 Å². The third-order valence-corrected chi connectivity index (χ3v) is 0.947. The molecule has 0 amide bonds. The molecule has 1 rings (SSSR count). The van der Waals surface area contributed by atoms with Crippen LogP contribution in [-0.4, -0.2) is 23.9 Å². The van der Waals surface area contributed by atoms with Crippen molar-refractivity contribution in [2.75, 3.05) is 13.7 Å². The zero-order valence-corrected chi connectivity index (χ0v) is 5.72. The Morgan fingerprint density at radius 1 is 1.80 bits per heavy atom. The first-order valence-electron chi connectivity index (χ1n) is 2.90. The highest BCUT2D eigenvalue weighted by Gasteiger charge is 1.82. The molecule has 1 aromatic rings. The maximum atomic E-state index is 4.74. The molecule has 0 fully saturated rings. The van der Waals surface area contributed by atoms with Crippen LogP contribution in [0.2, 0.25) is 0 Å². The van der Waals surface area contributed by atoms with E-state index in [9.17, 15) is 0 Å². The maximum Gasteiger partial charge on any atom is 0.107 e. The van der Waals surface area contributed by atoms with Crippen molar-refractivity contribution in [3.8, 4) is 11.8 Å². The molecule has 0 bridgehead atoms. The van der Waals surface area contributed by atoms with E-state index in [1.165, 1.54) is 0 Å². The Labute approximate surface area is 59.4 Å². The van der Waals surface area contributed by atoms with E-state index < -0.39 is 0 Å². The molecule has 52 valence electrons. The fourth-order valence-electron chi connectivity index (χ4n) is 0.530. The number of aromatic nitrogens is 2. The second kappa shape index (κ2) is 3.70. The first-order chi connectivity index (χ1) is 4.93. The fourth-order valence-corrected chi connectivity index (χ4v) is 0.530.